The number of hydrogen-bond donors (Lipinski definition) is 0. The molecule has 8 bridgehead atoms. The predicted octanol–water partition coefficient (Wildman–Crippen LogP) is 14.2. The summed E-state index contributed by atoms with van der Waals surface area (Å²) in [5.41, 5.74) is 22.2. The van der Waals surface area contributed by atoms with E-state index in [2.05, 4.69) is 208 Å². The number of fused-ring (bicyclic) bond motifs is 28. The van der Waals surface area contributed by atoms with Crippen LogP contribution >= 0.6 is 0 Å². The largest absolute Gasteiger partial charge is 4.00 e. The minimum Gasteiger partial charge on any atom is -0.497 e. The molecule has 0 saturated carbocycles. The Hall–Kier alpha value is -5.31. The van der Waals surface area contributed by atoms with E-state index >= 15 is 0 Å². The van der Waals surface area contributed by atoms with E-state index in [-0.39, 0.29) is 31.9 Å². The van der Waals surface area contributed by atoms with E-state index in [1.165, 1.54) is 104 Å². The molecule has 0 radical (unpaired) electrons. The molecule has 6 aromatic rings. The second-order valence-electron chi connectivity index (χ2n) is 21.3. The Bertz CT molecular complexity index is 2820. The first-order valence-corrected chi connectivity index (χ1v) is 23.9. The fourth-order valence-electron chi connectivity index (χ4n) is 12.7. The quantitative estimate of drug-likeness (QED) is 0.140. The van der Waals surface area contributed by atoms with Crippen molar-refractivity contribution in [3.63, 3.8) is 0 Å². The SMILES string of the molecule is CC(C)(C)c1ccc2c(c1)-c1cc(C(C)(C)C)ccc1C21N2[CH-]N(C3=C2CCCC3)c2[c-]c(ccc2)C2(c3[c-]c(ccc3)N3[CH-]N1C1=C3CCCC1)c1ccccc1-c1ccccc12.[Pt+4]. The molecule has 0 fully saturated rings. The van der Waals surface area contributed by atoms with Crippen molar-refractivity contribution in [3.8, 4) is 22.3 Å². The van der Waals surface area contributed by atoms with Crippen LogP contribution in [0.15, 0.2) is 144 Å². The van der Waals surface area contributed by atoms with E-state index in [0.717, 1.165) is 48.2 Å². The van der Waals surface area contributed by atoms with E-state index in [9.17, 15) is 0 Å². The van der Waals surface area contributed by atoms with Gasteiger partial charge in [-0.15, -0.1) is 35.8 Å². The van der Waals surface area contributed by atoms with E-state index in [1.807, 2.05) is 0 Å². The topological polar surface area (TPSA) is 13.0 Å². The van der Waals surface area contributed by atoms with E-state index < -0.39 is 11.1 Å². The zero-order valence-electron chi connectivity index (χ0n) is 38.5. The first-order chi connectivity index (χ1) is 31.0. The maximum absolute atomic E-state index is 4.20. The van der Waals surface area contributed by atoms with E-state index in [0.29, 0.717) is 0 Å². The second-order valence-corrected chi connectivity index (χ2v) is 21.3. The summed E-state index contributed by atoms with van der Waals surface area (Å²) in [7, 11) is 0. The zero-order chi connectivity index (χ0) is 43.3. The van der Waals surface area contributed by atoms with Crippen molar-refractivity contribution in [3.05, 3.63) is 214 Å². The molecule has 4 aliphatic carbocycles. The molecular formula is C60H56N4Pt. The van der Waals surface area contributed by atoms with Crippen molar-refractivity contribution in [1.29, 1.82) is 0 Å². The molecule has 4 nitrogen and oxygen atoms in total. The molecule has 2 spiro atoms. The molecule has 0 unspecified atom stereocenters. The van der Waals surface area contributed by atoms with Crippen molar-refractivity contribution < 1.29 is 21.1 Å². The summed E-state index contributed by atoms with van der Waals surface area (Å²) in [6.07, 6.45) is 8.78. The Kier molecular flexibility index (Phi) is 9.08. The molecule has 3 heterocycles. The average molecular weight is 1030 g/mol. The van der Waals surface area contributed by atoms with Crippen LogP contribution in [0.2, 0.25) is 0 Å². The summed E-state index contributed by atoms with van der Waals surface area (Å²) in [6, 6.07) is 55.3. The molecule has 326 valence electrons. The minimum absolute atomic E-state index is 0. The number of hydrogen-bond acceptors (Lipinski definition) is 4. The Balaban J connectivity index is 0.00000444. The third-order valence-electron chi connectivity index (χ3n) is 15.8. The Morgan fingerprint density at radius 2 is 0.862 bits per heavy atom. The van der Waals surface area contributed by atoms with Gasteiger partial charge in [-0.05, 0) is 107 Å². The average Bonchev–Trinajstić information content (AvgIpc) is 4.05. The van der Waals surface area contributed by atoms with E-state index in [4.69, 9.17) is 0 Å². The molecule has 6 aromatic carbocycles. The van der Waals surface area contributed by atoms with Crippen LogP contribution in [0, 0.1) is 25.5 Å². The van der Waals surface area contributed by atoms with Gasteiger partial charge in [0.1, 0.15) is 5.66 Å². The molecule has 0 saturated heterocycles. The summed E-state index contributed by atoms with van der Waals surface area (Å²) in [5, 5.41) is 0. The Morgan fingerprint density at radius 1 is 0.446 bits per heavy atom. The molecule has 0 aromatic heterocycles. The molecule has 13 rings (SSSR count). The van der Waals surface area contributed by atoms with Gasteiger partial charge < -0.3 is 19.6 Å². The number of rotatable bonds is 0. The van der Waals surface area contributed by atoms with Gasteiger partial charge in [-0.25, -0.2) is 0 Å². The van der Waals surface area contributed by atoms with Crippen LogP contribution in [-0.4, -0.2) is 9.80 Å². The van der Waals surface area contributed by atoms with Gasteiger partial charge in [-0.2, -0.15) is 48.5 Å². The second kappa shape index (κ2) is 14.3. The van der Waals surface area contributed by atoms with Gasteiger partial charge in [0.25, 0.3) is 0 Å². The smallest absolute Gasteiger partial charge is 0.497 e. The molecule has 0 atom stereocenters. The van der Waals surface area contributed by atoms with Gasteiger partial charge in [0.15, 0.2) is 0 Å². The Labute approximate surface area is 400 Å². The van der Waals surface area contributed by atoms with E-state index in [1.54, 1.807) is 0 Å². The van der Waals surface area contributed by atoms with Crippen LogP contribution in [0.4, 0.5) is 11.4 Å². The van der Waals surface area contributed by atoms with Gasteiger partial charge in [-0.3, -0.25) is 0 Å². The third-order valence-corrected chi connectivity index (χ3v) is 15.8. The molecule has 3 aliphatic heterocycles. The van der Waals surface area contributed by atoms with Crippen molar-refractivity contribution in [2.45, 2.75) is 115 Å². The normalized spacial score (nSPS) is 19.4. The summed E-state index contributed by atoms with van der Waals surface area (Å²) >= 11 is 0. The van der Waals surface area contributed by atoms with Crippen LogP contribution in [0.3, 0.4) is 0 Å². The summed E-state index contributed by atoms with van der Waals surface area (Å²) < 4.78 is 0. The van der Waals surface area contributed by atoms with Crippen molar-refractivity contribution >= 4 is 11.4 Å². The molecule has 0 N–H and O–H groups in total. The van der Waals surface area contributed by atoms with Crippen molar-refractivity contribution in [1.82, 2.24) is 9.80 Å². The number of allylic oxidation sites excluding steroid dienone is 4. The van der Waals surface area contributed by atoms with Gasteiger partial charge in [0, 0.05) is 39.3 Å². The molecule has 7 aliphatic rings. The fraction of sp³-hybridized carbons (Fsp3) is 0.300. The first kappa shape index (κ1) is 41.1. The van der Waals surface area contributed by atoms with Crippen LogP contribution in [0.25, 0.3) is 22.3 Å². The maximum Gasteiger partial charge on any atom is 4.00 e. The van der Waals surface area contributed by atoms with Gasteiger partial charge in [0.2, 0.25) is 0 Å². The number of nitrogens with zero attached hydrogens (tertiary/aromatic N) is 4. The fourth-order valence-corrected chi connectivity index (χ4v) is 12.7. The standard InChI is InChI=1S/C60H56N4.Pt/c1-57(2,3)39-29-31-51-47(35-39)48-36-40(58(4,5)6)30-32-52(48)60(51)63-37-61(53-25-11-13-27-55(53)63)43-19-15-17-41(33-43)59(49-23-9-7-21-45(49)46-22-8-10-24-50(46)59)42-18-16-20-44(34-42)62-38-64(60)56-28-14-12-26-54(56)62;/h7-10,15-24,29-32,35-38H,11-14,25-28H2,1-6H3;/q-4;+4. The van der Waals surface area contributed by atoms with Gasteiger partial charge >= 0.3 is 21.1 Å². The monoisotopic (exact) mass is 1030 g/mol. The van der Waals surface area contributed by atoms with Crippen molar-refractivity contribution in [2.24, 2.45) is 0 Å². The maximum atomic E-state index is 4.20. The molecule has 65 heavy (non-hydrogen) atoms. The summed E-state index contributed by atoms with van der Waals surface area (Å²) in [4.78, 5) is 10.6. The Morgan fingerprint density at radius 3 is 1.29 bits per heavy atom. The molecule has 0 amide bonds. The number of anilines is 2. The van der Waals surface area contributed by atoms with Crippen molar-refractivity contribution in [2.75, 3.05) is 9.80 Å². The van der Waals surface area contributed by atoms with Gasteiger partial charge in [-0.1, -0.05) is 126 Å². The predicted molar refractivity (Wildman–Crippen MR) is 260 cm³/mol. The first-order valence-electron chi connectivity index (χ1n) is 23.9. The summed E-state index contributed by atoms with van der Waals surface area (Å²) in [5.74, 6) is 0. The third kappa shape index (κ3) is 5.53. The van der Waals surface area contributed by atoms with Crippen LogP contribution in [-0.2, 0) is 43.0 Å². The van der Waals surface area contributed by atoms with Crippen LogP contribution < -0.4 is 9.80 Å². The number of benzene rings is 6. The van der Waals surface area contributed by atoms with Crippen LogP contribution in [0.1, 0.15) is 137 Å². The van der Waals surface area contributed by atoms with Gasteiger partial charge in [0.05, 0.1) is 0 Å². The molecule has 5 heteroatoms. The minimum atomic E-state index is -0.680. The molecular weight excluding hydrogens is 972 g/mol. The summed E-state index contributed by atoms with van der Waals surface area (Å²) in [6.45, 7) is 19.1. The zero-order valence-corrected chi connectivity index (χ0v) is 40.7. The van der Waals surface area contributed by atoms with Crippen LogP contribution in [0.5, 0.6) is 0 Å².